The molecule has 1 nitrogen and oxygen atoms in total. The van der Waals surface area contributed by atoms with E-state index in [0.717, 1.165) is 17.4 Å². The molecule has 0 saturated carbocycles. The van der Waals surface area contributed by atoms with Crippen molar-refractivity contribution in [3.8, 4) is 0 Å². The lowest BCUT2D eigenvalue weighted by molar-refractivity contribution is 0.0546. The van der Waals surface area contributed by atoms with Gasteiger partial charge in [-0.15, -0.1) is 0 Å². The van der Waals surface area contributed by atoms with Gasteiger partial charge in [-0.2, -0.15) is 0 Å². The van der Waals surface area contributed by atoms with E-state index >= 15 is 0 Å². The Morgan fingerprint density at radius 3 is 2.47 bits per heavy atom. The summed E-state index contributed by atoms with van der Waals surface area (Å²) in [6, 6.07) is 14.3. The molecule has 15 heavy (non-hydrogen) atoms. The van der Waals surface area contributed by atoms with Crippen molar-refractivity contribution in [1.82, 2.24) is 0 Å². The molecule has 1 N–H and O–H groups in total. The van der Waals surface area contributed by atoms with Crippen LogP contribution in [0.5, 0.6) is 0 Å². The van der Waals surface area contributed by atoms with Crippen LogP contribution in [0.15, 0.2) is 42.5 Å². The molecule has 0 saturated heterocycles. The molecule has 0 unspecified atom stereocenters. The molecule has 78 valence electrons. The maximum absolute atomic E-state index is 10.3. The quantitative estimate of drug-likeness (QED) is 0.787. The van der Waals surface area contributed by atoms with Crippen molar-refractivity contribution in [3.05, 3.63) is 48.0 Å². The first-order chi connectivity index (χ1) is 7.15. The van der Waals surface area contributed by atoms with Gasteiger partial charge in [-0.1, -0.05) is 49.4 Å². The fraction of sp³-hybridized carbons (Fsp3) is 0.286. The maximum Gasteiger partial charge on any atom is 0.0871 e. The first-order valence-electron chi connectivity index (χ1n) is 5.36. The van der Waals surface area contributed by atoms with Gasteiger partial charge >= 0.3 is 0 Å². The van der Waals surface area contributed by atoms with E-state index in [2.05, 4.69) is 18.2 Å². The van der Waals surface area contributed by atoms with Gasteiger partial charge in [0.25, 0.3) is 0 Å². The summed E-state index contributed by atoms with van der Waals surface area (Å²) < 4.78 is 0. The molecule has 0 aliphatic carbocycles. The van der Waals surface area contributed by atoms with Crippen LogP contribution in [0.3, 0.4) is 0 Å². The van der Waals surface area contributed by atoms with E-state index in [1.165, 1.54) is 5.39 Å². The first-order valence-corrected chi connectivity index (χ1v) is 5.36. The topological polar surface area (TPSA) is 20.2 Å². The Bertz CT molecular complexity index is 466. The third-order valence-electron chi connectivity index (χ3n) is 3.06. The number of hydrogen-bond donors (Lipinski definition) is 1. The zero-order chi connectivity index (χ0) is 10.9. The van der Waals surface area contributed by atoms with E-state index < -0.39 is 5.60 Å². The smallest absolute Gasteiger partial charge is 0.0871 e. The second-order valence-electron chi connectivity index (χ2n) is 4.15. The largest absolute Gasteiger partial charge is 0.385 e. The summed E-state index contributed by atoms with van der Waals surface area (Å²) in [5.74, 6) is 0. The van der Waals surface area contributed by atoms with Gasteiger partial charge in [0.05, 0.1) is 5.60 Å². The summed E-state index contributed by atoms with van der Waals surface area (Å²) in [5.41, 5.74) is 0.282. The van der Waals surface area contributed by atoms with Crippen LogP contribution < -0.4 is 0 Å². The van der Waals surface area contributed by atoms with E-state index in [9.17, 15) is 5.11 Å². The van der Waals surface area contributed by atoms with Crippen LogP contribution in [-0.4, -0.2) is 5.11 Å². The lowest BCUT2D eigenvalue weighted by atomic mass is 9.89. The second kappa shape index (κ2) is 3.67. The van der Waals surface area contributed by atoms with Crippen LogP contribution in [0.25, 0.3) is 10.8 Å². The van der Waals surface area contributed by atoms with Gasteiger partial charge in [-0.3, -0.25) is 0 Å². The fourth-order valence-corrected chi connectivity index (χ4v) is 1.89. The Balaban J connectivity index is 2.71. The van der Waals surface area contributed by atoms with Gasteiger partial charge < -0.3 is 5.11 Å². The van der Waals surface area contributed by atoms with E-state index in [-0.39, 0.29) is 0 Å². The molecule has 0 aliphatic heterocycles. The van der Waals surface area contributed by atoms with Gasteiger partial charge in [0.2, 0.25) is 0 Å². The Kier molecular flexibility index (Phi) is 2.49. The van der Waals surface area contributed by atoms with Crippen LogP contribution >= 0.6 is 0 Å². The standard InChI is InChI=1S/C14H16O/c1-3-14(2,15)13-10-6-8-11-7-4-5-9-12(11)13/h4-10,15H,3H2,1-2H3/t14-/m1/s1. The maximum atomic E-state index is 10.3. The summed E-state index contributed by atoms with van der Waals surface area (Å²) in [6.45, 7) is 3.87. The zero-order valence-electron chi connectivity index (χ0n) is 9.20. The number of hydrogen-bond acceptors (Lipinski definition) is 1. The van der Waals surface area contributed by atoms with Crippen molar-refractivity contribution < 1.29 is 5.11 Å². The monoisotopic (exact) mass is 200 g/mol. The van der Waals surface area contributed by atoms with E-state index in [0.29, 0.717) is 0 Å². The third-order valence-corrected chi connectivity index (χ3v) is 3.06. The van der Waals surface area contributed by atoms with Gasteiger partial charge in [-0.25, -0.2) is 0 Å². The van der Waals surface area contributed by atoms with Crippen molar-refractivity contribution in [2.24, 2.45) is 0 Å². The fourth-order valence-electron chi connectivity index (χ4n) is 1.89. The van der Waals surface area contributed by atoms with E-state index in [1.807, 2.05) is 38.1 Å². The normalized spacial score (nSPS) is 15.1. The summed E-state index contributed by atoms with van der Waals surface area (Å²) in [5, 5.41) is 12.6. The summed E-state index contributed by atoms with van der Waals surface area (Å²) in [7, 11) is 0. The summed E-state index contributed by atoms with van der Waals surface area (Å²) in [4.78, 5) is 0. The Morgan fingerprint density at radius 1 is 1.07 bits per heavy atom. The van der Waals surface area contributed by atoms with Gasteiger partial charge in [0.1, 0.15) is 0 Å². The van der Waals surface area contributed by atoms with Gasteiger partial charge in [0, 0.05) is 0 Å². The molecule has 0 heterocycles. The van der Waals surface area contributed by atoms with E-state index in [1.54, 1.807) is 0 Å². The van der Waals surface area contributed by atoms with Crippen molar-refractivity contribution in [1.29, 1.82) is 0 Å². The number of rotatable bonds is 2. The number of aliphatic hydroxyl groups is 1. The second-order valence-corrected chi connectivity index (χ2v) is 4.15. The molecule has 2 rings (SSSR count). The summed E-state index contributed by atoms with van der Waals surface area (Å²) >= 11 is 0. The Labute approximate surface area is 90.4 Å². The molecule has 0 aromatic heterocycles. The minimum atomic E-state index is -0.735. The first kappa shape index (κ1) is 10.2. The van der Waals surface area contributed by atoms with E-state index in [4.69, 9.17) is 0 Å². The van der Waals surface area contributed by atoms with Crippen LogP contribution in [0.1, 0.15) is 25.8 Å². The lowest BCUT2D eigenvalue weighted by Crippen LogP contribution is -2.19. The molecule has 1 heteroatoms. The minimum absolute atomic E-state index is 0.723. The van der Waals surface area contributed by atoms with Crippen LogP contribution in [0.2, 0.25) is 0 Å². The highest BCUT2D eigenvalue weighted by Gasteiger charge is 2.22. The Hall–Kier alpha value is -1.34. The molecule has 0 radical (unpaired) electrons. The number of benzene rings is 2. The van der Waals surface area contributed by atoms with Gasteiger partial charge in [-0.05, 0) is 29.7 Å². The molecule has 0 amide bonds. The molecule has 0 spiro atoms. The van der Waals surface area contributed by atoms with Crippen LogP contribution in [0, 0.1) is 0 Å². The average molecular weight is 200 g/mol. The molecule has 0 aliphatic rings. The Morgan fingerprint density at radius 2 is 1.73 bits per heavy atom. The van der Waals surface area contributed by atoms with Crippen molar-refractivity contribution >= 4 is 10.8 Å². The lowest BCUT2D eigenvalue weighted by Gasteiger charge is -2.23. The molecule has 0 bridgehead atoms. The van der Waals surface area contributed by atoms with Crippen LogP contribution in [-0.2, 0) is 5.60 Å². The SMILES string of the molecule is CC[C@@](C)(O)c1cccc2ccccc12. The predicted molar refractivity (Wildman–Crippen MR) is 63.8 cm³/mol. The molecule has 2 aromatic rings. The molecule has 0 fully saturated rings. The van der Waals surface area contributed by atoms with Crippen molar-refractivity contribution in [3.63, 3.8) is 0 Å². The van der Waals surface area contributed by atoms with Crippen molar-refractivity contribution in [2.45, 2.75) is 25.9 Å². The van der Waals surface area contributed by atoms with Gasteiger partial charge in [0.15, 0.2) is 0 Å². The highest BCUT2D eigenvalue weighted by atomic mass is 16.3. The predicted octanol–water partition coefficient (Wildman–Crippen LogP) is 3.46. The minimum Gasteiger partial charge on any atom is -0.385 e. The third kappa shape index (κ3) is 1.75. The number of fused-ring (bicyclic) bond motifs is 1. The van der Waals surface area contributed by atoms with Crippen LogP contribution in [0.4, 0.5) is 0 Å². The average Bonchev–Trinajstić information content (AvgIpc) is 2.28. The van der Waals surface area contributed by atoms with Crippen molar-refractivity contribution in [2.75, 3.05) is 0 Å². The highest BCUT2D eigenvalue weighted by Crippen LogP contribution is 2.30. The molecule has 2 aromatic carbocycles. The highest BCUT2D eigenvalue weighted by molar-refractivity contribution is 5.86. The zero-order valence-corrected chi connectivity index (χ0v) is 9.20. The molecular weight excluding hydrogens is 184 g/mol. The molecule has 1 atom stereocenters. The summed E-state index contributed by atoms with van der Waals surface area (Å²) in [6.07, 6.45) is 0.723. The molecular formula is C14H16O.